The van der Waals surface area contributed by atoms with Gasteiger partial charge in [-0.25, -0.2) is 0 Å². The number of nitriles is 1. The minimum absolute atomic E-state index is 0.143. The molecular formula is C19H20N2O2. The number of hydrogen-bond acceptors (Lipinski definition) is 3. The summed E-state index contributed by atoms with van der Waals surface area (Å²) in [6.45, 7) is 0.374. The molecule has 0 spiro atoms. The van der Waals surface area contributed by atoms with Crippen molar-refractivity contribution in [2.24, 2.45) is 0 Å². The van der Waals surface area contributed by atoms with Crippen LogP contribution in [0.3, 0.4) is 0 Å². The van der Waals surface area contributed by atoms with Gasteiger partial charge in [-0.3, -0.25) is 4.79 Å². The molecule has 1 heterocycles. The van der Waals surface area contributed by atoms with Gasteiger partial charge in [0.15, 0.2) is 0 Å². The number of amides is 1. The zero-order valence-corrected chi connectivity index (χ0v) is 13.0. The van der Waals surface area contributed by atoms with E-state index >= 15 is 0 Å². The second-order valence-electron chi connectivity index (χ2n) is 6.02. The van der Waals surface area contributed by atoms with E-state index in [1.807, 2.05) is 36.4 Å². The Morgan fingerprint density at radius 3 is 2.83 bits per heavy atom. The van der Waals surface area contributed by atoms with E-state index in [4.69, 9.17) is 4.74 Å². The van der Waals surface area contributed by atoms with Crippen LogP contribution in [0.15, 0.2) is 41.5 Å². The van der Waals surface area contributed by atoms with Crippen molar-refractivity contribution in [2.45, 2.75) is 38.1 Å². The van der Waals surface area contributed by atoms with E-state index in [0.717, 1.165) is 42.6 Å². The number of nitrogens with one attached hydrogen (secondary N) is 1. The van der Waals surface area contributed by atoms with Gasteiger partial charge in [-0.2, -0.15) is 5.26 Å². The molecule has 1 fully saturated rings. The molecule has 4 nitrogen and oxygen atoms in total. The minimum atomic E-state index is -0.279. The summed E-state index contributed by atoms with van der Waals surface area (Å²) < 4.78 is 5.66. The van der Waals surface area contributed by atoms with E-state index in [1.165, 1.54) is 6.42 Å². The van der Waals surface area contributed by atoms with Crippen molar-refractivity contribution < 1.29 is 9.53 Å². The molecule has 1 aliphatic heterocycles. The van der Waals surface area contributed by atoms with Crippen LogP contribution in [0.1, 0.15) is 37.7 Å². The molecule has 0 saturated heterocycles. The van der Waals surface area contributed by atoms with Crippen LogP contribution < -0.4 is 10.1 Å². The van der Waals surface area contributed by atoms with Crippen molar-refractivity contribution in [2.75, 3.05) is 6.61 Å². The maximum Gasteiger partial charge on any atom is 0.262 e. The highest BCUT2D eigenvalue weighted by Crippen LogP contribution is 2.26. The Kier molecular flexibility index (Phi) is 4.77. The SMILES string of the molecule is N#C/C(=C/C1=Cc2ccccc2OC1)C(=O)NC1CCCCC1. The Hall–Kier alpha value is -2.54. The molecule has 2 aliphatic rings. The summed E-state index contributed by atoms with van der Waals surface area (Å²) in [5.74, 6) is 0.550. The van der Waals surface area contributed by atoms with Gasteiger partial charge in [-0.15, -0.1) is 0 Å². The van der Waals surface area contributed by atoms with Crippen LogP contribution in [0.25, 0.3) is 6.08 Å². The average molecular weight is 308 g/mol. The molecule has 0 atom stereocenters. The van der Waals surface area contributed by atoms with Crippen LogP contribution in [0.5, 0.6) is 5.75 Å². The van der Waals surface area contributed by atoms with Gasteiger partial charge in [0.05, 0.1) is 0 Å². The van der Waals surface area contributed by atoms with E-state index in [9.17, 15) is 10.1 Å². The third-order valence-corrected chi connectivity index (χ3v) is 4.29. The molecule has 1 aliphatic carbocycles. The van der Waals surface area contributed by atoms with Crippen LogP contribution in [0.2, 0.25) is 0 Å². The minimum Gasteiger partial charge on any atom is -0.488 e. The highest BCUT2D eigenvalue weighted by atomic mass is 16.5. The highest BCUT2D eigenvalue weighted by Gasteiger charge is 2.19. The average Bonchev–Trinajstić information content (AvgIpc) is 2.60. The standard InChI is InChI=1S/C19H20N2O2/c20-12-16(19(22)21-17-7-2-1-3-8-17)11-14-10-15-6-4-5-9-18(15)23-13-14/h4-6,9-11,17H,1-3,7-8,13H2,(H,21,22)/b16-11-. The molecule has 0 unspecified atom stereocenters. The summed E-state index contributed by atoms with van der Waals surface area (Å²) >= 11 is 0. The predicted octanol–water partition coefficient (Wildman–Crippen LogP) is 3.36. The fourth-order valence-electron chi connectivity index (χ4n) is 3.06. The van der Waals surface area contributed by atoms with Gasteiger partial charge in [0.2, 0.25) is 0 Å². The van der Waals surface area contributed by atoms with Crippen LogP contribution >= 0.6 is 0 Å². The maximum absolute atomic E-state index is 12.3. The van der Waals surface area contributed by atoms with Crippen LogP contribution in [-0.2, 0) is 4.79 Å². The summed E-state index contributed by atoms with van der Waals surface area (Å²) in [5, 5.41) is 12.3. The van der Waals surface area contributed by atoms with Crippen molar-refractivity contribution in [1.82, 2.24) is 5.32 Å². The molecule has 4 heteroatoms. The van der Waals surface area contributed by atoms with Crippen LogP contribution in [0, 0.1) is 11.3 Å². The van der Waals surface area contributed by atoms with Gasteiger partial charge in [0.25, 0.3) is 5.91 Å². The number of para-hydroxylation sites is 1. The van der Waals surface area contributed by atoms with E-state index < -0.39 is 0 Å². The lowest BCUT2D eigenvalue weighted by atomic mass is 9.95. The molecule has 1 aromatic rings. The van der Waals surface area contributed by atoms with Crippen molar-refractivity contribution in [3.05, 3.63) is 47.1 Å². The quantitative estimate of drug-likeness (QED) is 0.688. The zero-order chi connectivity index (χ0) is 16.1. The van der Waals surface area contributed by atoms with E-state index in [-0.39, 0.29) is 17.5 Å². The fourth-order valence-corrected chi connectivity index (χ4v) is 3.06. The van der Waals surface area contributed by atoms with Crippen molar-refractivity contribution in [1.29, 1.82) is 5.26 Å². The maximum atomic E-state index is 12.3. The topological polar surface area (TPSA) is 62.1 Å². The van der Waals surface area contributed by atoms with E-state index in [2.05, 4.69) is 5.32 Å². The Morgan fingerprint density at radius 1 is 1.26 bits per heavy atom. The number of rotatable bonds is 3. The second-order valence-corrected chi connectivity index (χ2v) is 6.02. The summed E-state index contributed by atoms with van der Waals surface area (Å²) in [7, 11) is 0. The number of fused-ring (bicyclic) bond motifs is 1. The Bertz CT molecular complexity index is 692. The van der Waals surface area contributed by atoms with Gasteiger partial charge >= 0.3 is 0 Å². The molecule has 1 aromatic carbocycles. The molecule has 3 rings (SSSR count). The van der Waals surface area contributed by atoms with Crippen LogP contribution in [0.4, 0.5) is 0 Å². The summed E-state index contributed by atoms with van der Waals surface area (Å²) in [6, 6.07) is 9.94. The first-order valence-corrected chi connectivity index (χ1v) is 8.11. The monoisotopic (exact) mass is 308 g/mol. The molecule has 118 valence electrons. The Morgan fingerprint density at radius 2 is 2.04 bits per heavy atom. The molecule has 1 amide bonds. The number of ether oxygens (including phenoxy) is 1. The molecule has 23 heavy (non-hydrogen) atoms. The molecule has 0 radical (unpaired) electrons. The van der Waals surface area contributed by atoms with Gasteiger partial charge in [-0.05, 0) is 36.6 Å². The summed E-state index contributed by atoms with van der Waals surface area (Å²) in [5.41, 5.74) is 1.94. The van der Waals surface area contributed by atoms with Gasteiger partial charge in [-0.1, -0.05) is 37.5 Å². The smallest absolute Gasteiger partial charge is 0.262 e. The van der Waals surface area contributed by atoms with Gasteiger partial charge < -0.3 is 10.1 Å². The number of hydrogen-bond donors (Lipinski definition) is 1. The first-order chi connectivity index (χ1) is 11.3. The number of carbonyl (C=O) groups excluding carboxylic acids is 1. The van der Waals surface area contributed by atoms with E-state index in [1.54, 1.807) is 6.08 Å². The van der Waals surface area contributed by atoms with Gasteiger partial charge in [0.1, 0.15) is 24.0 Å². The van der Waals surface area contributed by atoms with E-state index in [0.29, 0.717) is 6.61 Å². The lowest BCUT2D eigenvalue weighted by Crippen LogP contribution is -2.36. The van der Waals surface area contributed by atoms with Gasteiger partial charge in [0, 0.05) is 11.6 Å². The second kappa shape index (κ2) is 7.15. The number of benzene rings is 1. The molecule has 1 saturated carbocycles. The zero-order valence-electron chi connectivity index (χ0n) is 13.0. The molecule has 1 N–H and O–H groups in total. The fraction of sp³-hybridized carbons (Fsp3) is 0.368. The highest BCUT2D eigenvalue weighted by molar-refractivity contribution is 5.98. The first-order valence-electron chi connectivity index (χ1n) is 8.11. The van der Waals surface area contributed by atoms with Crippen molar-refractivity contribution >= 4 is 12.0 Å². The lowest BCUT2D eigenvalue weighted by Gasteiger charge is -2.22. The third kappa shape index (κ3) is 3.81. The molecular weight excluding hydrogens is 288 g/mol. The normalized spacial score (nSPS) is 18.2. The first kappa shape index (κ1) is 15.4. The lowest BCUT2D eigenvalue weighted by molar-refractivity contribution is -0.118. The Labute approximate surface area is 136 Å². The van der Waals surface area contributed by atoms with Crippen LogP contribution in [-0.4, -0.2) is 18.6 Å². The number of carbonyl (C=O) groups is 1. The van der Waals surface area contributed by atoms with Crippen molar-refractivity contribution in [3.8, 4) is 11.8 Å². The summed E-state index contributed by atoms with van der Waals surface area (Å²) in [6.07, 6.45) is 9.13. The largest absolute Gasteiger partial charge is 0.488 e. The third-order valence-electron chi connectivity index (χ3n) is 4.29. The Balaban J connectivity index is 1.73. The molecule has 0 bridgehead atoms. The summed E-state index contributed by atoms with van der Waals surface area (Å²) in [4.78, 5) is 12.3. The van der Waals surface area contributed by atoms with Crippen molar-refractivity contribution in [3.63, 3.8) is 0 Å². The molecule has 0 aromatic heterocycles. The number of nitrogens with zero attached hydrogens (tertiary/aromatic N) is 1. The predicted molar refractivity (Wildman–Crippen MR) is 88.6 cm³/mol.